The van der Waals surface area contributed by atoms with Crippen LogP contribution >= 0.6 is 0 Å². The molecule has 4 rings (SSSR count). The largest absolute Gasteiger partial charge is 0.457 e. The molecule has 0 atom stereocenters. The fourth-order valence-corrected chi connectivity index (χ4v) is 2.73. The van der Waals surface area contributed by atoms with Gasteiger partial charge in [0.25, 0.3) is 5.56 Å². The molecule has 0 spiro atoms. The van der Waals surface area contributed by atoms with E-state index in [0.29, 0.717) is 28.1 Å². The summed E-state index contributed by atoms with van der Waals surface area (Å²) in [6, 6.07) is 15.5. The van der Waals surface area contributed by atoms with E-state index in [1.807, 2.05) is 12.1 Å². The monoisotopic (exact) mass is 331 g/mol. The molecule has 0 aliphatic carbocycles. The number of amides is 1. The van der Waals surface area contributed by atoms with Crippen LogP contribution < -0.4 is 16.0 Å². The van der Waals surface area contributed by atoms with Crippen molar-refractivity contribution in [2.45, 2.75) is 0 Å². The maximum atomic E-state index is 12.2. The Kier molecular flexibility index (Phi) is 3.43. The summed E-state index contributed by atoms with van der Waals surface area (Å²) in [5, 5.41) is 2.17. The van der Waals surface area contributed by atoms with E-state index >= 15 is 0 Å². The van der Waals surface area contributed by atoms with Gasteiger partial charge in [-0.15, -0.1) is 0 Å². The van der Waals surface area contributed by atoms with E-state index in [4.69, 9.17) is 10.5 Å². The zero-order chi connectivity index (χ0) is 17.4. The van der Waals surface area contributed by atoms with E-state index in [1.54, 1.807) is 48.7 Å². The van der Waals surface area contributed by atoms with Gasteiger partial charge in [-0.1, -0.05) is 0 Å². The molecule has 0 saturated heterocycles. The van der Waals surface area contributed by atoms with Gasteiger partial charge >= 0.3 is 0 Å². The molecule has 25 heavy (non-hydrogen) atoms. The van der Waals surface area contributed by atoms with E-state index in [0.717, 1.165) is 10.8 Å². The number of aromatic nitrogens is 2. The summed E-state index contributed by atoms with van der Waals surface area (Å²) < 4.78 is 5.83. The number of primary amides is 1. The lowest BCUT2D eigenvalue weighted by Crippen LogP contribution is -2.10. The van der Waals surface area contributed by atoms with Crippen LogP contribution in [0.25, 0.3) is 21.8 Å². The second-order valence-electron chi connectivity index (χ2n) is 5.55. The van der Waals surface area contributed by atoms with Crippen LogP contribution in [0.5, 0.6) is 11.5 Å². The Bertz CT molecular complexity index is 1160. The molecule has 6 nitrogen and oxygen atoms in total. The first-order valence-electron chi connectivity index (χ1n) is 7.60. The summed E-state index contributed by atoms with van der Waals surface area (Å²) in [4.78, 5) is 30.3. The average Bonchev–Trinajstić information content (AvgIpc) is 2.62. The predicted octanol–water partition coefficient (Wildman–Crippen LogP) is 2.97. The lowest BCUT2D eigenvalue weighted by atomic mass is 10.1. The molecule has 0 aliphatic heterocycles. The highest BCUT2D eigenvalue weighted by Gasteiger charge is 2.08. The number of nitrogens with two attached hydrogens (primary N) is 1. The van der Waals surface area contributed by atoms with Crippen molar-refractivity contribution in [1.29, 1.82) is 0 Å². The van der Waals surface area contributed by atoms with Crippen LogP contribution in [0.4, 0.5) is 0 Å². The summed E-state index contributed by atoms with van der Waals surface area (Å²) >= 11 is 0. The standard InChI is InChI=1S/C19H13N3O3/c20-17(23)11-3-5-12(6-4-11)25-13-7-8-15-16(10-13)14-2-1-9-21-18(14)22-19(15)24/h1-10H,(H2,20,23)(H,21,22,24). The lowest BCUT2D eigenvalue weighted by molar-refractivity contribution is 0.100. The lowest BCUT2D eigenvalue weighted by Gasteiger charge is -2.08. The van der Waals surface area contributed by atoms with Crippen molar-refractivity contribution >= 4 is 27.7 Å². The SMILES string of the molecule is NC(=O)c1ccc(Oc2ccc3c(=O)[nH]c4ncccc4c3c2)cc1. The maximum absolute atomic E-state index is 12.2. The van der Waals surface area contributed by atoms with Crippen LogP contribution in [0.3, 0.4) is 0 Å². The molecular weight excluding hydrogens is 318 g/mol. The second kappa shape index (κ2) is 5.76. The molecule has 0 bridgehead atoms. The number of H-pyrrole nitrogens is 1. The number of aromatic amines is 1. The Hall–Kier alpha value is -3.67. The van der Waals surface area contributed by atoms with Gasteiger partial charge in [0.1, 0.15) is 17.1 Å². The van der Waals surface area contributed by atoms with E-state index in [9.17, 15) is 9.59 Å². The van der Waals surface area contributed by atoms with Gasteiger partial charge in [-0.25, -0.2) is 4.98 Å². The van der Waals surface area contributed by atoms with Crippen molar-refractivity contribution in [1.82, 2.24) is 9.97 Å². The van der Waals surface area contributed by atoms with Crippen molar-refractivity contribution in [3.8, 4) is 11.5 Å². The van der Waals surface area contributed by atoms with E-state index < -0.39 is 5.91 Å². The second-order valence-corrected chi connectivity index (χ2v) is 5.55. The third-order valence-corrected chi connectivity index (χ3v) is 3.94. The van der Waals surface area contributed by atoms with Gasteiger partial charge < -0.3 is 15.5 Å². The molecule has 0 unspecified atom stereocenters. The van der Waals surface area contributed by atoms with Crippen molar-refractivity contribution in [2.24, 2.45) is 5.73 Å². The van der Waals surface area contributed by atoms with Gasteiger partial charge in [0, 0.05) is 27.9 Å². The molecule has 0 radical (unpaired) electrons. The van der Waals surface area contributed by atoms with Gasteiger partial charge in [-0.2, -0.15) is 0 Å². The van der Waals surface area contributed by atoms with Crippen LogP contribution in [-0.4, -0.2) is 15.9 Å². The Morgan fingerprint density at radius 1 is 0.960 bits per heavy atom. The molecule has 1 amide bonds. The molecule has 3 N–H and O–H groups in total. The molecule has 0 saturated carbocycles. The molecule has 4 aromatic rings. The summed E-state index contributed by atoms with van der Waals surface area (Å²) in [6.07, 6.45) is 1.63. The van der Waals surface area contributed by atoms with Gasteiger partial charge in [-0.3, -0.25) is 9.59 Å². The minimum absolute atomic E-state index is 0.196. The van der Waals surface area contributed by atoms with Crippen molar-refractivity contribution in [3.63, 3.8) is 0 Å². The van der Waals surface area contributed by atoms with Gasteiger partial charge in [0.15, 0.2) is 0 Å². The van der Waals surface area contributed by atoms with Crippen LogP contribution in [0.1, 0.15) is 10.4 Å². The van der Waals surface area contributed by atoms with Crippen molar-refractivity contribution < 1.29 is 9.53 Å². The molecule has 2 aromatic heterocycles. The number of carbonyl (C=O) groups excluding carboxylic acids is 1. The zero-order valence-corrected chi connectivity index (χ0v) is 13.0. The Balaban J connectivity index is 1.79. The molecular formula is C19H13N3O3. The number of benzene rings is 2. The number of pyridine rings is 2. The third-order valence-electron chi connectivity index (χ3n) is 3.94. The Morgan fingerprint density at radius 2 is 1.72 bits per heavy atom. The summed E-state index contributed by atoms with van der Waals surface area (Å²) in [7, 11) is 0. The predicted molar refractivity (Wildman–Crippen MR) is 94.9 cm³/mol. The summed E-state index contributed by atoms with van der Waals surface area (Å²) in [5.74, 6) is 0.655. The number of ether oxygens (including phenoxy) is 1. The fraction of sp³-hybridized carbons (Fsp3) is 0. The quantitative estimate of drug-likeness (QED) is 0.564. The number of hydrogen-bond donors (Lipinski definition) is 2. The molecule has 2 aromatic carbocycles. The molecule has 0 fully saturated rings. The minimum atomic E-state index is -0.490. The normalized spacial score (nSPS) is 10.9. The number of hydrogen-bond acceptors (Lipinski definition) is 4. The topological polar surface area (TPSA) is 98.1 Å². The summed E-state index contributed by atoms with van der Waals surface area (Å²) in [5.41, 5.74) is 5.97. The van der Waals surface area contributed by atoms with Crippen molar-refractivity contribution in [2.75, 3.05) is 0 Å². The van der Waals surface area contributed by atoms with Gasteiger partial charge in [0.2, 0.25) is 5.91 Å². The number of rotatable bonds is 3. The molecule has 6 heteroatoms. The highest BCUT2D eigenvalue weighted by molar-refractivity contribution is 6.04. The number of nitrogens with one attached hydrogen (secondary N) is 1. The first-order chi connectivity index (χ1) is 12.1. The number of fused-ring (bicyclic) bond motifs is 3. The van der Waals surface area contributed by atoms with Crippen LogP contribution in [0.2, 0.25) is 0 Å². The molecule has 2 heterocycles. The van der Waals surface area contributed by atoms with Gasteiger partial charge in [-0.05, 0) is 54.6 Å². The molecule has 0 aliphatic rings. The van der Waals surface area contributed by atoms with Crippen molar-refractivity contribution in [3.05, 3.63) is 76.7 Å². The fourth-order valence-electron chi connectivity index (χ4n) is 2.73. The number of carbonyl (C=O) groups is 1. The van der Waals surface area contributed by atoms with Crippen LogP contribution in [-0.2, 0) is 0 Å². The third kappa shape index (κ3) is 2.70. The smallest absolute Gasteiger partial charge is 0.257 e. The zero-order valence-electron chi connectivity index (χ0n) is 13.0. The van der Waals surface area contributed by atoms with E-state index in [1.165, 1.54) is 0 Å². The Morgan fingerprint density at radius 3 is 2.48 bits per heavy atom. The van der Waals surface area contributed by atoms with Crippen LogP contribution in [0, 0.1) is 0 Å². The highest BCUT2D eigenvalue weighted by Crippen LogP contribution is 2.27. The molecule has 122 valence electrons. The Labute approximate surface area is 141 Å². The minimum Gasteiger partial charge on any atom is -0.457 e. The van der Waals surface area contributed by atoms with E-state index in [2.05, 4.69) is 9.97 Å². The average molecular weight is 331 g/mol. The maximum Gasteiger partial charge on any atom is 0.257 e. The van der Waals surface area contributed by atoms with Gasteiger partial charge in [0.05, 0.1) is 0 Å². The van der Waals surface area contributed by atoms with E-state index in [-0.39, 0.29) is 5.56 Å². The number of nitrogens with zero attached hydrogens (tertiary/aromatic N) is 1. The summed E-state index contributed by atoms with van der Waals surface area (Å²) in [6.45, 7) is 0. The first-order valence-corrected chi connectivity index (χ1v) is 7.60. The van der Waals surface area contributed by atoms with Crippen LogP contribution in [0.15, 0.2) is 65.6 Å². The first kappa shape index (κ1) is 14.9. The highest BCUT2D eigenvalue weighted by atomic mass is 16.5.